The van der Waals surface area contributed by atoms with Gasteiger partial charge in [-0.3, -0.25) is 0 Å². The largest absolute Gasteiger partial charge is 0.478 e. The molecule has 0 saturated carbocycles. The van der Waals surface area contributed by atoms with Crippen LogP contribution in [0.1, 0.15) is 12.8 Å². The van der Waals surface area contributed by atoms with Crippen molar-refractivity contribution in [3.05, 3.63) is 12.2 Å². The maximum atomic E-state index is 10.2. The van der Waals surface area contributed by atoms with E-state index in [1.165, 1.54) is 6.08 Å². The third-order valence-electron chi connectivity index (χ3n) is 2.27. The highest BCUT2D eigenvalue weighted by atomic mass is 16.4. The van der Waals surface area contributed by atoms with Crippen LogP contribution in [0.5, 0.6) is 0 Å². The van der Waals surface area contributed by atoms with Gasteiger partial charge in [0.25, 0.3) is 0 Å². The molecular formula is C9H15NO2. The van der Waals surface area contributed by atoms with Crippen LogP contribution in [0.2, 0.25) is 0 Å². The van der Waals surface area contributed by atoms with Crippen LogP contribution in [0.25, 0.3) is 0 Å². The molecule has 0 atom stereocenters. The quantitative estimate of drug-likeness (QED) is 0.626. The second-order valence-electron chi connectivity index (χ2n) is 3.34. The smallest absolute Gasteiger partial charge is 0.327 e. The molecule has 1 aliphatic heterocycles. The standard InChI is InChI=1S/C9H15NO2/c1-10-6-4-8(5-7-10)2-3-9(11)12/h2-3,8H,4-7H2,1H3,(H,11,12). The molecule has 1 rings (SSSR count). The first kappa shape index (κ1) is 9.26. The van der Waals surface area contributed by atoms with Gasteiger partial charge in [-0.1, -0.05) is 6.08 Å². The second kappa shape index (κ2) is 4.26. The molecule has 68 valence electrons. The number of rotatable bonds is 2. The van der Waals surface area contributed by atoms with E-state index in [9.17, 15) is 4.79 Å². The number of hydrogen-bond acceptors (Lipinski definition) is 2. The van der Waals surface area contributed by atoms with E-state index in [2.05, 4.69) is 11.9 Å². The lowest BCUT2D eigenvalue weighted by Crippen LogP contribution is -2.29. The number of aliphatic carboxylic acids is 1. The molecule has 1 heterocycles. The first-order valence-electron chi connectivity index (χ1n) is 4.28. The van der Waals surface area contributed by atoms with E-state index in [0.29, 0.717) is 5.92 Å². The Hall–Kier alpha value is -0.830. The number of allylic oxidation sites excluding steroid dienone is 1. The third-order valence-corrected chi connectivity index (χ3v) is 2.27. The van der Waals surface area contributed by atoms with Crippen molar-refractivity contribution >= 4 is 5.97 Å². The van der Waals surface area contributed by atoms with E-state index in [0.717, 1.165) is 25.9 Å². The minimum atomic E-state index is -0.839. The summed E-state index contributed by atoms with van der Waals surface area (Å²) in [5.41, 5.74) is 0. The fourth-order valence-electron chi connectivity index (χ4n) is 1.44. The Morgan fingerprint density at radius 2 is 2.08 bits per heavy atom. The van der Waals surface area contributed by atoms with Gasteiger partial charge in [-0.05, 0) is 38.9 Å². The lowest BCUT2D eigenvalue weighted by molar-refractivity contribution is -0.131. The number of likely N-dealkylation sites (tertiary alicyclic amines) is 1. The summed E-state index contributed by atoms with van der Waals surface area (Å²) in [6.07, 6.45) is 5.24. The van der Waals surface area contributed by atoms with Gasteiger partial charge in [0.05, 0.1) is 0 Å². The Bertz CT molecular complexity index is 181. The van der Waals surface area contributed by atoms with Crippen LogP contribution in [0.4, 0.5) is 0 Å². The number of carbonyl (C=O) groups is 1. The molecule has 0 unspecified atom stereocenters. The molecule has 0 aromatic carbocycles. The summed E-state index contributed by atoms with van der Waals surface area (Å²) in [4.78, 5) is 12.5. The Labute approximate surface area is 72.7 Å². The van der Waals surface area contributed by atoms with Gasteiger partial charge < -0.3 is 10.0 Å². The van der Waals surface area contributed by atoms with Crippen molar-refractivity contribution in [3.63, 3.8) is 0 Å². The van der Waals surface area contributed by atoms with Crippen LogP contribution in [-0.2, 0) is 4.79 Å². The van der Waals surface area contributed by atoms with E-state index in [-0.39, 0.29) is 0 Å². The van der Waals surface area contributed by atoms with Gasteiger partial charge in [0.15, 0.2) is 0 Å². The summed E-state index contributed by atoms with van der Waals surface area (Å²) >= 11 is 0. The maximum absolute atomic E-state index is 10.2. The predicted molar refractivity (Wildman–Crippen MR) is 47.0 cm³/mol. The van der Waals surface area contributed by atoms with Crippen molar-refractivity contribution in [1.29, 1.82) is 0 Å². The summed E-state index contributed by atoms with van der Waals surface area (Å²) in [6.45, 7) is 2.16. The first-order chi connectivity index (χ1) is 5.68. The van der Waals surface area contributed by atoms with E-state index in [4.69, 9.17) is 5.11 Å². The molecule has 1 N–H and O–H groups in total. The van der Waals surface area contributed by atoms with Gasteiger partial charge in [-0.25, -0.2) is 4.79 Å². The van der Waals surface area contributed by atoms with Crippen molar-refractivity contribution in [1.82, 2.24) is 4.90 Å². The monoisotopic (exact) mass is 169 g/mol. The Morgan fingerprint density at radius 1 is 1.50 bits per heavy atom. The van der Waals surface area contributed by atoms with Gasteiger partial charge in [-0.2, -0.15) is 0 Å². The summed E-state index contributed by atoms with van der Waals surface area (Å²) < 4.78 is 0. The van der Waals surface area contributed by atoms with Crippen LogP contribution in [0.15, 0.2) is 12.2 Å². The average Bonchev–Trinajstić information content (AvgIpc) is 2.03. The zero-order chi connectivity index (χ0) is 8.97. The molecule has 0 radical (unpaired) electrons. The highest BCUT2D eigenvalue weighted by Gasteiger charge is 2.13. The molecule has 3 heteroatoms. The fourth-order valence-corrected chi connectivity index (χ4v) is 1.44. The van der Waals surface area contributed by atoms with E-state index < -0.39 is 5.97 Å². The van der Waals surface area contributed by atoms with Gasteiger partial charge in [-0.15, -0.1) is 0 Å². The Morgan fingerprint density at radius 3 is 2.58 bits per heavy atom. The molecule has 1 aliphatic rings. The lowest BCUT2D eigenvalue weighted by atomic mass is 9.97. The van der Waals surface area contributed by atoms with Gasteiger partial charge in [0.2, 0.25) is 0 Å². The topological polar surface area (TPSA) is 40.5 Å². The molecular weight excluding hydrogens is 154 g/mol. The van der Waals surface area contributed by atoms with Crippen molar-refractivity contribution in [2.24, 2.45) is 5.92 Å². The highest BCUT2D eigenvalue weighted by Crippen LogP contribution is 2.16. The van der Waals surface area contributed by atoms with Crippen LogP contribution >= 0.6 is 0 Å². The minimum Gasteiger partial charge on any atom is -0.478 e. The second-order valence-corrected chi connectivity index (χ2v) is 3.34. The molecule has 3 nitrogen and oxygen atoms in total. The molecule has 0 aliphatic carbocycles. The molecule has 0 aromatic heterocycles. The summed E-state index contributed by atoms with van der Waals surface area (Å²) in [6, 6.07) is 0. The van der Waals surface area contributed by atoms with Crippen LogP contribution in [0.3, 0.4) is 0 Å². The molecule has 0 amide bonds. The number of carboxylic acid groups (broad SMARTS) is 1. The summed E-state index contributed by atoms with van der Waals surface area (Å²) in [5, 5.41) is 8.40. The number of nitrogens with zero attached hydrogens (tertiary/aromatic N) is 1. The number of piperidine rings is 1. The minimum absolute atomic E-state index is 0.470. The molecule has 1 saturated heterocycles. The van der Waals surface area contributed by atoms with Crippen molar-refractivity contribution in [2.75, 3.05) is 20.1 Å². The zero-order valence-corrected chi connectivity index (χ0v) is 7.36. The fraction of sp³-hybridized carbons (Fsp3) is 0.667. The normalized spacial score (nSPS) is 21.8. The van der Waals surface area contributed by atoms with Crippen LogP contribution in [-0.4, -0.2) is 36.1 Å². The molecule has 0 aromatic rings. The van der Waals surface area contributed by atoms with Gasteiger partial charge in [0.1, 0.15) is 0 Å². The van der Waals surface area contributed by atoms with E-state index in [1.54, 1.807) is 0 Å². The Balaban J connectivity index is 2.30. The predicted octanol–water partition coefficient (Wildman–Crippen LogP) is 0.969. The van der Waals surface area contributed by atoms with E-state index in [1.807, 2.05) is 6.08 Å². The lowest BCUT2D eigenvalue weighted by Gasteiger charge is -2.26. The number of carboxylic acids is 1. The first-order valence-corrected chi connectivity index (χ1v) is 4.28. The number of hydrogen-bond donors (Lipinski definition) is 1. The molecule has 12 heavy (non-hydrogen) atoms. The molecule has 0 spiro atoms. The van der Waals surface area contributed by atoms with Crippen molar-refractivity contribution in [3.8, 4) is 0 Å². The summed E-state index contributed by atoms with van der Waals surface area (Å²) in [7, 11) is 2.09. The zero-order valence-electron chi connectivity index (χ0n) is 7.36. The van der Waals surface area contributed by atoms with E-state index >= 15 is 0 Å². The molecule has 1 fully saturated rings. The molecule has 0 bridgehead atoms. The average molecular weight is 169 g/mol. The van der Waals surface area contributed by atoms with Crippen molar-refractivity contribution < 1.29 is 9.90 Å². The van der Waals surface area contributed by atoms with Crippen LogP contribution in [0, 0.1) is 5.92 Å². The summed E-state index contributed by atoms with van der Waals surface area (Å²) in [5.74, 6) is -0.369. The van der Waals surface area contributed by atoms with Crippen molar-refractivity contribution in [2.45, 2.75) is 12.8 Å². The SMILES string of the molecule is CN1CCC(C=CC(=O)O)CC1. The third kappa shape index (κ3) is 3.05. The maximum Gasteiger partial charge on any atom is 0.327 e. The van der Waals surface area contributed by atoms with Crippen LogP contribution < -0.4 is 0 Å². The van der Waals surface area contributed by atoms with Gasteiger partial charge >= 0.3 is 5.97 Å². The Kier molecular flexibility index (Phi) is 3.29. The highest BCUT2D eigenvalue weighted by molar-refractivity contribution is 5.79. The van der Waals surface area contributed by atoms with Gasteiger partial charge in [0, 0.05) is 6.08 Å².